The first kappa shape index (κ1) is 15.4. The third-order valence-electron chi connectivity index (χ3n) is 3.12. The predicted molar refractivity (Wildman–Crippen MR) is 79.0 cm³/mol. The van der Waals surface area contributed by atoms with Crippen LogP contribution in [0.1, 0.15) is 18.9 Å². The summed E-state index contributed by atoms with van der Waals surface area (Å²) in [5.41, 5.74) is 1.03. The van der Waals surface area contributed by atoms with Crippen LogP contribution < -0.4 is 24.8 Å². The van der Waals surface area contributed by atoms with Gasteiger partial charge in [0.05, 0.1) is 7.11 Å². The highest BCUT2D eigenvalue weighted by molar-refractivity contribution is 5.75. The highest BCUT2D eigenvalue weighted by Gasteiger charge is 2.18. The van der Waals surface area contributed by atoms with Crippen LogP contribution in [0.25, 0.3) is 0 Å². The van der Waals surface area contributed by atoms with Crippen LogP contribution in [-0.4, -0.2) is 39.3 Å². The first-order valence-corrected chi connectivity index (χ1v) is 7.18. The van der Waals surface area contributed by atoms with Crippen molar-refractivity contribution in [3.63, 3.8) is 0 Å². The van der Waals surface area contributed by atoms with Crippen molar-refractivity contribution in [3.05, 3.63) is 17.7 Å². The molecule has 1 aliphatic heterocycles. The molecule has 6 nitrogen and oxygen atoms in total. The second-order valence-corrected chi connectivity index (χ2v) is 4.70. The monoisotopic (exact) mass is 294 g/mol. The third-order valence-corrected chi connectivity index (χ3v) is 3.12. The molecular formula is C15H22N2O4. The van der Waals surface area contributed by atoms with E-state index in [4.69, 9.17) is 14.2 Å². The first-order valence-electron chi connectivity index (χ1n) is 7.18. The molecule has 0 spiro atoms. The lowest BCUT2D eigenvalue weighted by atomic mass is 10.1. The molecule has 2 rings (SSSR count). The summed E-state index contributed by atoms with van der Waals surface area (Å²) >= 11 is 0. The molecule has 21 heavy (non-hydrogen) atoms. The number of hydrogen-bond donors (Lipinski definition) is 2. The molecule has 0 aromatic heterocycles. The number of hydrogen-bond acceptors (Lipinski definition) is 5. The van der Waals surface area contributed by atoms with Gasteiger partial charge >= 0.3 is 0 Å². The fraction of sp³-hybridized carbons (Fsp3) is 0.533. The Bertz CT molecular complexity index is 474. The van der Waals surface area contributed by atoms with Crippen LogP contribution in [0.5, 0.6) is 17.2 Å². The number of nitrogens with one attached hydrogen (secondary N) is 2. The molecule has 0 saturated heterocycles. The summed E-state index contributed by atoms with van der Waals surface area (Å²) in [7, 11) is 1.61. The van der Waals surface area contributed by atoms with E-state index in [1.165, 1.54) is 0 Å². The normalized spacial score (nSPS) is 12.9. The maximum atomic E-state index is 11.3. The Labute approximate surface area is 124 Å². The lowest BCUT2D eigenvalue weighted by Gasteiger charge is -2.21. The molecule has 1 aliphatic rings. The van der Waals surface area contributed by atoms with Gasteiger partial charge in [-0.2, -0.15) is 0 Å². The van der Waals surface area contributed by atoms with E-state index in [1.54, 1.807) is 7.11 Å². The van der Waals surface area contributed by atoms with Crippen molar-refractivity contribution in [2.45, 2.75) is 19.9 Å². The van der Waals surface area contributed by atoms with Gasteiger partial charge in [-0.1, -0.05) is 0 Å². The quantitative estimate of drug-likeness (QED) is 0.737. The number of carbonyl (C=O) groups excluding carboxylic acids is 1. The number of carbonyl (C=O) groups is 1. The lowest BCUT2D eigenvalue weighted by Crippen LogP contribution is -2.27. The zero-order valence-electron chi connectivity index (χ0n) is 12.5. The standard InChI is InChI=1S/C15H22N2O4/c1-3-17-14(18)4-5-16-10-11-8-12(19-2)15-13(9-11)20-6-7-21-15/h8-9,16H,3-7,10H2,1-2H3,(H,17,18). The number of ether oxygens (including phenoxy) is 3. The van der Waals surface area contributed by atoms with E-state index in [-0.39, 0.29) is 5.91 Å². The van der Waals surface area contributed by atoms with Gasteiger partial charge in [0.2, 0.25) is 11.7 Å². The average molecular weight is 294 g/mol. The lowest BCUT2D eigenvalue weighted by molar-refractivity contribution is -0.120. The maximum Gasteiger partial charge on any atom is 0.221 e. The van der Waals surface area contributed by atoms with Crippen LogP contribution in [0.15, 0.2) is 12.1 Å². The smallest absolute Gasteiger partial charge is 0.221 e. The summed E-state index contributed by atoms with van der Waals surface area (Å²) in [6.45, 7) is 4.93. The van der Waals surface area contributed by atoms with E-state index in [2.05, 4.69) is 10.6 Å². The number of fused-ring (bicyclic) bond motifs is 1. The Morgan fingerprint density at radius 2 is 2.14 bits per heavy atom. The topological polar surface area (TPSA) is 68.8 Å². The second kappa shape index (κ2) is 7.73. The van der Waals surface area contributed by atoms with Crippen LogP contribution in [-0.2, 0) is 11.3 Å². The highest BCUT2D eigenvalue weighted by Crippen LogP contribution is 2.40. The van der Waals surface area contributed by atoms with Gasteiger partial charge in [-0.25, -0.2) is 0 Å². The largest absolute Gasteiger partial charge is 0.493 e. The number of methoxy groups -OCH3 is 1. The molecule has 1 aromatic rings. The van der Waals surface area contributed by atoms with Crippen LogP contribution in [0.3, 0.4) is 0 Å². The molecule has 116 valence electrons. The molecule has 0 bridgehead atoms. The van der Waals surface area contributed by atoms with Gasteiger partial charge in [-0.3, -0.25) is 4.79 Å². The molecule has 0 fully saturated rings. The van der Waals surface area contributed by atoms with Gasteiger partial charge in [-0.05, 0) is 24.6 Å². The zero-order chi connectivity index (χ0) is 15.1. The first-order chi connectivity index (χ1) is 10.2. The molecule has 1 amide bonds. The maximum absolute atomic E-state index is 11.3. The van der Waals surface area contributed by atoms with Gasteiger partial charge in [0.1, 0.15) is 13.2 Å². The molecule has 0 unspecified atom stereocenters. The van der Waals surface area contributed by atoms with E-state index in [9.17, 15) is 4.79 Å². The fourth-order valence-electron chi connectivity index (χ4n) is 2.15. The van der Waals surface area contributed by atoms with Crippen LogP contribution in [0.4, 0.5) is 0 Å². The van der Waals surface area contributed by atoms with Crippen molar-refractivity contribution in [2.75, 3.05) is 33.4 Å². The minimum atomic E-state index is 0.0600. The van der Waals surface area contributed by atoms with E-state index in [1.807, 2.05) is 19.1 Å². The van der Waals surface area contributed by atoms with Crippen molar-refractivity contribution >= 4 is 5.91 Å². The molecular weight excluding hydrogens is 272 g/mol. The summed E-state index contributed by atoms with van der Waals surface area (Å²) < 4.78 is 16.5. The van der Waals surface area contributed by atoms with E-state index >= 15 is 0 Å². The van der Waals surface area contributed by atoms with Crippen molar-refractivity contribution < 1.29 is 19.0 Å². The van der Waals surface area contributed by atoms with Gasteiger partial charge in [0, 0.05) is 26.1 Å². The summed E-state index contributed by atoms with van der Waals surface area (Å²) in [5.74, 6) is 2.11. The molecule has 0 aliphatic carbocycles. The Balaban J connectivity index is 1.90. The molecule has 0 saturated carbocycles. The number of benzene rings is 1. The fourth-order valence-corrected chi connectivity index (χ4v) is 2.15. The van der Waals surface area contributed by atoms with Crippen molar-refractivity contribution in [2.24, 2.45) is 0 Å². The second-order valence-electron chi connectivity index (χ2n) is 4.70. The van der Waals surface area contributed by atoms with Crippen molar-refractivity contribution in [1.82, 2.24) is 10.6 Å². The van der Waals surface area contributed by atoms with Gasteiger partial charge in [-0.15, -0.1) is 0 Å². The minimum absolute atomic E-state index is 0.0600. The van der Waals surface area contributed by atoms with E-state index in [0.717, 1.165) is 5.56 Å². The molecule has 1 heterocycles. The molecule has 1 aromatic carbocycles. The Morgan fingerprint density at radius 1 is 1.33 bits per heavy atom. The summed E-state index contributed by atoms with van der Waals surface area (Å²) in [6.07, 6.45) is 0.468. The van der Waals surface area contributed by atoms with Gasteiger partial charge in [0.25, 0.3) is 0 Å². The van der Waals surface area contributed by atoms with Gasteiger partial charge in [0.15, 0.2) is 11.5 Å². The Hall–Kier alpha value is -1.95. The van der Waals surface area contributed by atoms with Crippen molar-refractivity contribution in [1.29, 1.82) is 0 Å². The minimum Gasteiger partial charge on any atom is -0.493 e. The van der Waals surface area contributed by atoms with E-state index in [0.29, 0.717) is 56.5 Å². The molecule has 2 N–H and O–H groups in total. The molecule has 6 heteroatoms. The molecule has 0 atom stereocenters. The number of amides is 1. The summed E-state index contributed by atoms with van der Waals surface area (Å²) in [4.78, 5) is 11.3. The Morgan fingerprint density at radius 3 is 2.90 bits per heavy atom. The predicted octanol–water partition coefficient (Wildman–Crippen LogP) is 1.08. The van der Waals surface area contributed by atoms with Crippen LogP contribution >= 0.6 is 0 Å². The SMILES string of the molecule is CCNC(=O)CCNCc1cc(OC)c2c(c1)OCCO2. The van der Waals surface area contributed by atoms with Crippen LogP contribution in [0, 0.1) is 0 Å². The van der Waals surface area contributed by atoms with E-state index < -0.39 is 0 Å². The summed E-state index contributed by atoms with van der Waals surface area (Å²) in [5, 5.41) is 6.00. The number of rotatable bonds is 7. The van der Waals surface area contributed by atoms with Crippen molar-refractivity contribution in [3.8, 4) is 17.2 Å². The Kier molecular flexibility index (Phi) is 5.68. The molecule has 0 radical (unpaired) electrons. The van der Waals surface area contributed by atoms with Gasteiger partial charge < -0.3 is 24.8 Å². The highest BCUT2D eigenvalue weighted by atomic mass is 16.6. The average Bonchev–Trinajstić information content (AvgIpc) is 2.51. The summed E-state index contributed by atoms with van der Waals surface area (Å²) in [6, 6.07) is 3.86. The zero-order valence-corrected chi connectivity index (χ0v) is 12.5. The third kappa shape index (κ3) is 4.26. The van der Waals surface area contributed by atoms with Crippen LogP contribution in [0.2, 0.25) is 0 Å².